The van der Waals surface area contributed by atoms with Crippen molar-refractivity contribution < 1.29 is 8.78 Å². The van der Waals surface area contributed by atoms with Crippen LogP contribution in [0.4, 0.5) is 8.78 Å². The highest BCUT2D eigenvalue weighted by molar-refractivity contribution is 9.10. The molecule has 1 unspecified atom stereocenters. The van der Waals surface area contributed by atoms with Gasteiger partial charge in [0, 0.05) is 15.1 Å². The van der Waals surface area contributed by atoms with Gasteiger partial charge in [-0.3, -0.25) is 0 Å². The normalized spacial score (nSPS) is 12.5. The zero-order chi connectivity index (χ0) is 14.9. The van der Waals surface area contributed by atoms with E-state index < -0.39 is 17.7 Å². The minimum absolute atomic E-state index is 0.0208. The molecule has 0 saturated carbocycles. The molecule has 0 amide bonds. The predicted molar refractivity (Wildman–Crippen MR) is 81.1 cm³/mol. The summed E-state index contributed by atoms with van der Waals surface area (Å²) in [5.41, 5.74) is 0.993. The van der Waals surface area contributed by atoms with Crippen LogP contribution in [0.2, 0.25) is 5.02 Å². The SMILES string of the molecule is CNC(c1cc(Br)ccc1Cl)c1c(F)ccc(C)c1F. The fraction of sp³-hybridized carbons (Fsp3) is 0.200. The second-order valence-electron chi connectivity index (χ2n) is 4.48. The fourth-order valence-corrected chi connectivity index (χ4v) is 2.74. The lowest BCUT2D eigenvalue weighted by Gasteiger charge is -2.21. The Morgan fingerprint density at radius 1 is 1.20 bits per heavy atom. The molecule has 2 rings (SSSR count). The first kappa shape index (κ1) is 15.4. The Labute approximate surface area is 130 Å². The van der Waals surface area contributed by atoms with Crippen molar-refractivity contribution in [2.24, 2.45) is 0 Å². The molecule has 2 aromatic carbocycles. The Morgan fingerprint density at radius 3 is 2.55 bits per heavy atom. The number of halogens is 4. The lowest BCUT2D eigenvalue weighted by molar-refractivity contribution is 0.517. The van der Waals surface area contributed by atoms with Gasteiger partial charge in [0.1, 0.15) is 11.6 Å². The molecule has 0 aromatic heterocycles. The molecule has 0 heterocycles. The molecule has 20 heavy (non-hydrogen) atoms. The van der Waals surface area contributed by atoms with E-state index in [4.69, 9.17) is 11.6 Å². The minimum atomic E-state index is -0.653. The molecule has 106 valence electrons. The van der Waals surface area contributed by atoms with Crippen molar-refractivity contribution in [2.45, 2.75) is 13.0 Å². The number of nitrogens with one attached hydrogen (secondary N) is 1. The van der Waals surface area contributed by atoms with E-state index in [9.17, 15) is 8.78 Å². The van der Waals surface area contributed by atoms with E-state index in [1.807, 2.05) is 0 Å². The number of aryl methyl sites for hydroxylation is 1. The second-order valence-corrected chi connectivity index (χ2v) is 5.80. The molecule has 5 heteroatoms. The fourth-order valence-electron chi connectivity index (χ4n) is 2.13. The Kier molecular flexibility index (Phi) is 4.78. The molecule has 1 N–H and O–H groups in total. The zero-order valence-corrected chi connectivity index (χ0v) is 13.3. The maximum absolute atomic E-state index is 14.3. The van der Waals surface area contributed by atoms with Crippen LogP contribution in [-0.4, -0.2) is 7.05 Å². The predicted octanol–water partition coefficient (Wildman–Crippen LogP) is 5.00. The van der Waals surface area contributed by atoms with Gasteiger partial charge < -0.3 is 5.32 Å². The van der Waals surface area contributed by atoms with E-state index in [2.05, 4.69) is 21.2 Å². The molecule has 0 radical (unpaired) electrons. The average molecular weight is 361 g/mol. The highest BCUT2D eigenvalue weighted by Gasteiger charge is 2.23. The summed E-state index contributed by atoms with van der Waals surface area (Å²) in [7, 11) is 1.64. The van der Waals surface area contributed by atoms with Crippen molar-refractivity contribution in [3.63, 3.8) is 0 Å². The van der Waals surface area contributed by atoms with Crippen LogP contribution in [0.5, 0.6) is 0 Å². The first-order valence-corrected chi connectivity index (χ1v) is 7.19. The van der Waals surface area contributed by atoms with E-state index in [1.165, 1.54) is 12.1 Å². The van der Waals surface area contributed by atoms with Gasteiger partial charge in [0.2, 0.25) is 0 Å². The number of benzene rings is 2. The van der Waals surface area contributed by atoms with Gasteiger partial charge in [-0.25, -0.2) is 8.78 Å². The molecule has 2 aromatic rings. The van der Waals surface area contributed by atoms with Crippen LogP contribution < -0.4 is 5.32 Å². The smallest absolute Gasteiger partial charge is 0.134 e. The topological polar surface area (TPSA) is 12.0 Å². The van der Waals surface area contributed by atoms with Crippen LogP contribution in [0.3, 0.4) is 0 Å². The minimum Gasteiger partial charge on any atom is -0.309 e. The molecule has 1 atom stereocenters. The molecular weight excluding hydrogens is 348 g/mol. The third-order valence-electron chi connectivity index (χ3n) is 3.17. The third kappa shape index (κ3) is 2.87. The van der Waals surface area contributed by atoms with Crippen LogP contribution in [0.1, 0.15) is 22.7 Å². The van der Waals surface area contributed by atoms with Gasteiger partial charge in [-0.15, -0.1) is 0 Å². The van der Waals surface area contributed by atoms with Crippen molar-refractivity contribution in [3.8, 4) is 0 Å². The van der Waals surface area contributed by atoms with Crippen LogP contribution in [0.15, 0.2) is 34.8 Å². The van der Waals surface area contributed by atoms with Crippen LogP contribution in [0.25, 0.3) is 0 Å². The highest BCUT2D eigenvalue weighted by Crippen LogP contribution is 2.33. The lowest BCUT2D eigenvalue weighted by atomic mass is 9.96. The van der Waals surface area contributed by atoms with Crippen molar-refractivity contribution in [1.29, 1.82) is 0 Å². The first-order chi connectivity index (χ1) is 9.45. The molecule has 1 nitrogen and oxygen atoms in total. The summed E-state index contributed by atoms with van der Waals surface area (Å²) in [5.74, 6) is -1.15. The van der Waals surface area contributed by atoms with Crippen molar-refractivity contribution >= 4 is 27.5 Å². The lowest BCUT2D eigenvalue weighted by Crippen LogP contribution is -2.21. The Bertz CT molecular complexity index is 646. The summed E-state index contributed by atoms with van der Waals surface area (Å²) < 4.78 is 29.1. The van der Waals surface area contributed by atoms with Crippen LogP contribution in [-0.2, 0) is 0 Å². The standard InChI is InChI=1S/C15H13BrClF2N/c1-8-3-6-12(18)13(14(8)19)15(20-2)10-7-9(16)4-5-11(10)17/h3-7,15,20H,1-2H3. The van der Waals surface area contributed by atoms with E-state index >= 15 is 0 Å². The van der Waals surface area contributed by atoms with Gasteiger partial charge in [0.25, 0.3) is 0 Å². The van der Waals surface area contributed by atoms with Gasteiger partial charge in [0.15, 0.2) is 0 Å². The molecule has 0 spiro atoms. The zero-order valence-electron chi connectivity index (χ0n) is 11.0. The van der Waals surface area contributed by atoms with Gasteiger partial charge in [-0.05, 0) is 49.4 Å². The Morgan fingerprint density at radius 2 is 1.90 bits per heavy atom. The van der Waals surface area contributed by atoms with Gasteiger partial charge in [0.05, 0.1) is 6.04 Å². The van der Waals surface area contributed by atoms with E-state index in [-0.39, 0.29) is 5.56 Å². The molecule has 0 aliphatic carbocycles. The Balaban J connectivity index is 2.64. The summed E-state index contributed by atoms with van der Waals surface area (Å²) in [6, 6.07) is 7.26. The Hall–Kier alpha value is -0.970. The monoisotopic (exact) mass is 359 g/mol. The van der Waals surface area contributed by atoms with E-state index in [1.54, 1.807) is 32.2 Å². The summed E-state index contributed by atoms with van der Waals surface area (Å²) in [6.45, 7) is 1.60. The third-order valence-corrected chi connectivity index (χ3v) is 4.00. The maximum Gasteiger partial charge on any atom is 0.134 e. The summed E-state index contributed by atoms with van der Waals surface area (Å²) >= 11 is 9.50. The quantitative estimate of drug-likeness (QED) is 0.812. The molecule has 0 aliphatic rings. The van der Waals surface area contributed by atoms with E-state index in [0.717, 1.165) is 4.47 Å². The maximum atomic E-state index is 14.3. The molecular formula is C15H13BrClF2N. The van der Waals surface area contributed by atoms with Gasteiger partial charge >= 0.3 is 0 Å². The van der Waals surface area contributed by atoms with Crippen molar-refractivity contribution in [1.82, 2.24) is 5.32 Å². The first-order valence-electron chi connectivity index (χ1n) is 6.02. The molecule has 0 aliphatic heterocycles. The summed E-state index contributed by atoms with van der Waals surface area (Å²) in [4.78, 5) is 0. The van der Waals surface area contributed by atoms with E-state index in [0.29, 0.717) is 16.1 Å². The van der Waals surface area contributed by atoms with Crippen LogP contribution >= 0.6 is 27.5 Å². The second kappa shape index (κ2) is 6.20. The van der Waals surface area contributed by atoms with Gasteiger partial charge in [-0.1, -0.05) is 33.6 Å². The highest BCUT2D eigenvalue weighted by atomic mass is 79.9. The average Bonchev–Trinajstić information content (AvgIpc) is 2.42. The molecule has 0 fully saturated rings. The molecule has 0 bridgehead atoms. The van der Waals surface area contributed by atoms with Crippen LogP contribution in [0, 0.1) is 18.6 Å². The number of hydrogen-bond donors (Lipinski definition) is 1. The summed E-state index contributed by atoms with van der Waals surface area (Å²) in [5, 5.41) is 3.38. The van der Waals surface area contributed by atoms with Gasteiger partial charge in [-0.2, -0.15) is 0 Å². The van der Waals surface area contributed by atoms with Crippen molar-refractivity contribution in [3.05, 3.63) is 68.2 Å². The number of hydrogen-bond acceptors (Lipinski definition) is 1. The summed E-state index contributed by atoms with van der Waals surface area (Å²) in [6.07, 6.45) is 0. The number of rotatable bonds is 3. The molecule has 0 saturated heterocycles. The van der Waals surface area contributed by atoms with Crippen molar-refractivity contribution in [2.75, 3.05) is 7.05 Å². The largest absolute Gasteiger partial charge is 0.309 e.